The summed E-state index contributed by atoms with van der Waals surface area (Å²) in [7, 11) is 0. The Labute approximate surface area is 126 Å². The lowest BCUT2D eigenvalue weighted by molar-refractivity contribution is -0.148. The van der Waals surface area contributed by atoms with Crippen LogP contribution in [-0.4, -0.2) is 47.5 Å². The van der Waals surface area contributed by atoms with Gasteiger partial charge in [0.1, 0.15) is 5.01 Å². The van der Waals surface area contributed by atoms with Crippen molar-refractivity contribution in [3.05, 3.63) is 5.01 Å². The van der Waals surface area contributed by atoms with Crippen LogP contribution in [0.4, 0.5) is 18.3 Å². The van der Waals surface area contributed by atoms with Crippen molar-refractivity contribution in [2.24, 2.45) is 5.92 Å². The minimum Gasteiger partial charge on any atom is -0.360 e. The highest BCUT2D eigenvalue weighted by molar-refractivity contribution is 7.15. The van der Waals surface area contributed by atoms with Gasteiger partial charge in [-0.3, -0.25) is 4.90 Å². The van der Waals surface area contributed by atoms with Crippen LogP contribution in [0, 0.1) is 5.92 Å². The van der Waals surface area contributed by atoms with Gasteiger partial charge in [-0.2, -0.15) is 13.2 Å². The molecule has 0 spiro atoms. The second-order valence-corrected chi connectivity index (χ2v) is 6.82. The van der Waals surface area contributed by atoms with Crippen LogP contribution in [0.3, 0.4) is 0 Å². The van der Waals surface area contributed by atoms with E-state index in [0.717, 1.165) is 29.5 Å². The highest BCUT2D eigenvalue weighted by Crippen LogP contribution is 2.25. The number of piperidine rings is 1. The molecule has 4 nitrogen and oxygen atoms in total. The van der Waals surface area contributed by atoms with E-state index in [-0.39, 0.29) is 0 Å². The number of hydrogen-bond acceptors (Lipinski definition) is 5. The minimum atomic E-state index is -4.09. The first kappa shape index (κ1) is 16.5. The van der Waals surface area contributed by atoms with Crippen LogP contribution in [0.25, 0.3) is 0 Å². The van der Waals surface area contributed by atoms with Gasteiger partial charge in [-0.1, -0.05) is 25.2 Å². The second kappa shape index (κ2) is 6.91. The van der Waals surface area contributed by atoms with Crippen LogP contribution >= 0.6 is 11.3 Å². The van der Waals surface area contributed by atoms with Gasteiger partial charge in [0.15, 0.2) is 0 Å². The number of halogens is 3. The zero-order valence-electron chi connectivity index (χ0n) is 12.3. The van der Waals surface area contributed by atoms with Crippen LogP contribution in [0.15, 0.2) is 0 Å². The summed E-state index contributed by atoms with van der Waals surface area (Å²) < 4.78 is 36.9. The van der Waals surface area contributed by atoms with Crippen molar-refractivity contribution in [3.8, 4) is 0 Å². The molecule has 0 bridgehead atoms. The molecule has 0 unspecified atom stereocenters. The number of hydrogen-bond donors (Lipinski definition) is 1. The van der Waals surface area contributed by atoms with E-state index in [0.29, 0.717) is 24.9 Å². The Morgan fingerprint density at radius 2 is 1.95 bits per heavy atom. The van der Waals surface area contributed by atoms with E-state index in [1.165, 1.54) is 4.90 Å². The molecular formula is C13H21F3N4S. The predicted octanol–water partition coefficient (Wildman–Crippen LogP) is 3.35. The van der Waals surface area contributed by atoms with Crippen LogP contribution in [-0.2, 0) is 0 Å². The average molecular weight is 322 g/mol. The Bertz CT molecular complexity index is 439. The highest BCUT2D eigenvalue weighted by atomic mass is 32.1. The van der Waals surface area contributed by atoms with Crippen molar-refractivity contribution in [1.29, 1.82) is 0 Å². The third kappa shape index (κ3) is 5.43. The zero-order chi connectivity index (χ0) is 15.5. The van der Waals surface area contributed by atoms with Gasteiger partial charge in [0.05, 0.1) is 6.54 Å². The molecule has 1 aliphatic heterocycles. The van der Waals surface area contributed by atoms with Crippen LogP contribution in [0.1, 0.15) is 37.6 Å². The normalized spacial score (nSPS) is 18.4. The standard InChI is InChI=1S/C13H21F3N4S/c1-9(2)11-18-19-12(21-11)17-7-10-3-5-20(6-4-10)8-13(14,15)16/h9-10H,3-8H2,1-2H3,(H,17,19). The molecule has 120 valence electrons. The molecule has 0 aliphatic carbocycles. The number of alkyl halides is 3. The van der Waals surface area contributed by atoms with E-state index in [1.54, 1.807) is 11.3 Å². The fourth-order valence-electron chi connectivity index (χ4n) is 2.37. The summed E-state index contributed by atoms with van der Waals surface area (Å²) in [5.74, 6) is 0.768. The summed E-state index contributed by atoms with van der Waals surface area (Å²) in [5, 5.41) is 13.2. The lowest BCUT2D eigenvalue weighted by Gasteiger charge is -2.32. The van der Waals surface area contributed by atoms with E-state index >= 15 is 0 Å². The molecule has 1 fully saturated rings. The molecule has 1 aliphatic rings. The Balaban J connectivity index is 1.71. The Kier molecular flexibility index (Phi) is 5.43. The summed E-state index contributed by atoms with van der Waals surface area (Å²) in [4.78, 5) is 1.48. The number of nitrogens with zero attached hydrogens (tertiary/aromatic N) is 3. The van der Waals surface area contributed by atoms with Crippen LogP contribution in [0.2, 0.25) is 0 Å². The molecule has 1 saturated heterocycles. The third-order valence-electron chi connectivity index (χ3n) is 3.59. The fraction of sp³-hybridized carbons (Fsp3) is 0.846. The van der Waals surface area contributed by atoms with E-state index in [9.17, 15) is 13.2 Å². The molecule has 1 aromatic heterocycles. The van der Waals surface area contributed by atoms with Crippen molar-refractivity contribution >= 4 is 16.5 Å². The topological polar surface area (TPSA) is 41.1 Å². The van der Waals surface area contributed by atoms with Gasteiger partial charge < -0.3 is 5.32 Å². The number of rotatable bonds is 5. The average Bonchev–Trinajstić information content (AvgIpc) is 2.85. The molecule has 0 amide bonds. The SMILES string of the molecule is CC(C)c1nnc(NCC2CCN(CC(F)(F)F)CC2)s1. The largest absolute Gasteiger partial charge is 0.401 e. The van der Waals surface area contributed by atoms with Gasteiger partial charge in [-0.15, -0.1) is 10.2 Å². The van der Waals surface area contributed by atoms with Gasteiger partial charge in [-0.25, -0.2) is 0 Å². The summed E-state index contributed by atoms with van der Waals surface area (Å²) in [6.07, 6.45) is -2.51. The van der Waals surface area contributed by atoms with Gasteiger partial charge in [0.25, 0.3) is 0 Å². The summed E-state index contributed by atoms with van der Waals surface area (Å²) in [5.41, 5.74) is 0. The number of anilines is 1. The van der Waals surface area contributed by atoms with E-state index in [4.69, 9.17) is 0 Å². The minimum absolute atomic E-state index is 0.364. The fourth-order valence-corrected chi connectivity index (χ4v) is 3.13. The number of aromatic nitrogens is 2. The van der Waals surface area contributed by atoms with Crippen molar-refractivity contribution in [2.45, 2.75) is 38.8 Å². The van der Waals surface area contributed by atoms with Gasteiger partial charge in [0, 0.05) is 12.5 Å². The predicted molar refractivity (Wildman–Crippen MR) is 77.7 cm³/mol. The molecule has 1 N–H and O–H groups in total. The number of likely N-dealkylation sites (tertiary alicyclic amines) is 1. The molecule has 1 aromatic rings. The quantitative estimate of drug-likeness (QED) is 0.902. The first-order valence-electron chi connectivity index (χ1n) is 7.20. The van der Waals surface area contributed by atoms with E-state index in [1.807, 2.05) is 0 Å². The Morgan fingerprint density at radius 1 is 1.29 bits per heavy atom. The van der Waals surface area contributed by atoms with Crippen molar-refractivity contribution in [3.63, 3.8) is 0 Å². The highest BCUT2D eigenvalue weighted by Gasteiger charge is 2.32. The summed E-state index contributed by atoms with van der Waals surface area (Å²) >= 11 is 1.55. The molecule has 2 rings (SSSR count). The van der Waals surface area contributed by atoms with Crippen LogP contribution < -0.4 is 5.32 Å². The Morgan fingerprint density at radius 3 is 2.48 bits per heavy atom. The molecule has 21 heavy (non-hydrogen) atoms. The van der Waals surface area contributed by atoms with Crippen molar-refractivity contribution < 1.29 is 13.2 Å². The van der Waals surface area contributed by atoms with Crippen molar-refractivity contribution in [2.75, 3.05) is 31.5 Å². The number of nitrogens with one attached hydrogen (secondary N) is 1. The van der Waals surface area contributed by atoms with Gasteiger partial charge >= 0.3 is 6.18 Å². The maximum atomic E-state index is 12.3. The summed E-state index contributed by atoms with van der Waals surface area (Å²) in [6, 6.07) is 0. The summed E-state index contributed by atoms with van der Waals surface area (Å²) in [6.45, 7) is 5.13. The van der Waals surface area contributed by atoms with E-state index in [2.05, 4.69) is 29.4 Å². The van der Waals surface area contributed by atoms with E-state index < -0.39 is 12.7 Å². The molecule has 0 saturated carbocycles. The first-order chi connectivity index (χ1) is 9.83. The van der Waals surface area contributed by atoms with Crippen molar-refractivity contribution in [1.82, 2.24) is 15.1 Å². The van der Waals surface area contributed by atoms with Gasteiger partial charge in [0.2, 0.25) is 5.13 Å². The molecular weight excluding hydrogens is 301 g/mol. The molecule has 0 atom stereocenters. The molecule has 0 radical (unpaired) electrons. The first-order valence-corrected chi connectivity index (χ1v) is 8.01. The third-order valence-corrected chi connectivity index (χ3v) is 4.77. The smallest absolute Gasteiger partial charge is 0.360 e. The molecule has 2 heterocycles. The molecule has 8 heteroatoms. The van der Waals surface area contributed by atoms with Gasteiger partial charge in [-0.05, 0) is 31.8 Å². The zero-order valence-corrected chi connectivity index (χ0v) is 13.1. The lowest BCUT2D eigenvalue weighted by Crippen LogP contribution is -2.41. The second-order valence-electron chi connectivity index (χ2n) is 5.82. The monoisotopic (exact) mass is 322 g/mol. The maximum absolute atomic E-state index is 12.3. The Hall–Kier alpha value is -0.890. The maximum Gasteiger partial charge on any atom is 0.401 e. The molecule has 0 aromatic carbocycles. The lowest BCUT2D eigenvalue weighted by atomic mass is 9.97. The van der Waals surface area contributed by atoms with Crippen LogP contribution in [0.5, 0.6) is 0 Å².